The van der Waals surface area contributed by atoms with Gasteiger partial charge in [0, 0.05) is 41.7 Å². The first-order valence-electron chi connectivity index (χ1n) is 13.4. The van der Waals surface area contributed by atoms with Gasteiger partial charge in [-0.2, -0.15) is 0 Å². The second kappa shape index (κ2) is 12.1. The molecule has 0 radical (unpaired) electrons. The van der Waals surface area contributed by atoms with Crippen molar-refractivity contribution in [3.8, 4) is 0 Å². The molecule has 2 fully saturated rings. The molecule has 1 aliphatic heterocycles. The molecule has 1 aliphatic carbocycles. The lowest BCUT2D eigenvalue weighted by atomic mass is 9.78. The zero-order valence-electron chi connectivity index (χ0n) is 21.2. The molecule has 0 aromatic heterocycles. The summed E-state index contributed by atoms with van der Waals surface area (Å²) in [7, 11) is 0. The highest BCUT2D eigenvalue weighted by Crippen LogP contribution is 2.41. The van der Waals surface area contributed by atoms with E-state index in [0.717, 1.165) is 30.0 Å². The van der Waals surface area contributed by atoms with Crippen LogP contribution in [0.25, 0.3) is 0 Å². The maximum Gasteiger partial charge on any atom is 0.227 e. The largest absolute Gasteiger partial charge is 0.355 e. The second-order valence-corrected chi connectivity index (χ2v) is 11.5. The van der Waals surface area contributed by atoms with Gasteiger partial charge in [-0.15, -0.1) is 0 Å². The van der Waals surface area contributed by atoms with Crippen LogP contribution in [0.2, 0.25) is 10.0 Å². The van der Waals surface area contributed by atoms with Gasteiger partial charge >= 0.3 is 0 Å². The molecule has 1 amide bonds. The summed E-state index contributed by atoms with van der Waals surface area (Å²) in [5.41, 5.74) is 2.54. The summed E-state index contributed by atoms with van der Waals surface area (Å²) in [4.78, 5) is 15.8. The number of nitrogens with zero attached hydrogens (tertiary/aromatic N) is 1. The van der Waals surface area contributed by atoms with Crippen molar-refractivity contribution in [2.45, 2.75) is 44.1 Å². The summed E-state index contributed by atoms with van der Waals surface area (Å²) in [5.74, 6) is -1.72. The van der Waals surface area contributed by atoms with Crippen LogP contribution in [-0.2, 0) is 4.79 Å². The Morgan fingerprint density at radius 2 is 1.34 bits per heavy atom. The zero-order chi connectivity index (χ0) is 26.6. The van der Waals surface area contributed by atoms with Gasteiger partial charge < -0.3 is 5.32 Å². The van der Waals surface area contributed by atoms with Gasteiger partial charge in [-0.3, -0.25) is 9.69 Å². The summed E-state index contributed by atoms with van der Waals surface area (Å²) in [6.45, 7) is 1.83. The molecule has 38 heavy (non-hydrogen) atoms. The van der Waals surface area contributed by atoms with E-state index >= 15 is 0 Å². The van der Waals surface area contributed by atoms with Crippen molar-refractivity contribution in [1.82, 2.24) is 10.2 Å². The van der Waals surface area contributed by atoms with Crippen LogP contribution in [0.5, 0.6) is 0 Å². The minimum atomic E-state index is -0.665. The fourth-order valence-electron chi connectivity index (χ4n) is 6.01. The molecule has 0 spiro atoms. The highest BCUT2D eigenvalue weighted by Gasteiger charge is 2.42. The minimum Gasteiger partial charge on any atom is -0.355 e. The van der Waals surface area contributed by atoms with Gasteiger partial charge in [-0.25, -0.2) is 8.78 Å². The lowest BCUT2D eigenvalue weighted by Gasteiger charge is -2.47. The first kappa shape index (κ1) is 27.1. The number of benzene rings is 3. The lowest BCUT2D eigenvalue weighted by Crippen LogP contribution is -2.53. The standard InChI is InChI=1S/C31H32Cl2F2N2O/c32-25-10-6-21(7-11-25)30(22-8-12-26(33)13-9-22)37-18-24(19-37)29(23-14-27(34)16-28(35)15-23)31(38)36-17-20-4-2-1-3-5-20/h6-16,20,24,29-30H,1-5,17-19H2,(H,36,38)/t29-/m1/s1. The third kappa shape index (κ3) is 6.39. The molecule has 2 aliphatic rings. The van der Waals surface area contributed by atoms with Gasteiger partial charge in [0.1, 0.15) is 11.6 Å². The van der Waals surface area contributed by atoms with E-state index in [1.807, 2.05) is 48.5 Å². The first-order chi connectivity index (χ1) is 18.4. The van der Waals surface area contributed by atoms with E-state index in [1.54, 1.807) is 0 Å². The maximum atomic E-state index is 14.2. The van der Waals surface area contributed by atoms with Gasteiger partial charge in [0.15, 0.2) is 0 Å². The molecule has 3 aromatic carbocycles. The normalized spacial score (nSPS) is 17.8. The van der Waals surface area contributed by atoms with Crippen LogP contribution in [0, 0.1) is 23.5 Å². The van der Waals surface area contributed by atoms with Crippen LogP contribution in [0.4, 0.5) is 8.78 Å². The molecule has 1 N–H and O–H groups in total. The van der Waals surface area contributed by atoms with E-state index in [2.05, 4.69) is 10.2 Å². The number of carbonyl (C=O) groups excluding carboxylic acids is 1. The Bertz CT molecular complexity index is 1170. The van der Waals surface area contributed by atoms with Crippen LogP contribution >= 0.6 is 23.2 Å². The number of hydrogen-bond acceptors (Lipinski definition) is 2. The third-order valence-electron chi connectivity index (χ3n) is 7.96. The van der Waals surface area contributed by atoms with Gasteiger partial charge in [0.25, 0.3) is 0 Å². The van der Waals surface area contributed by atoms with Crippen molar-refractivity contribution in [1.29, 1.82) is 0 Å². The Hall–Kier alpha value is -2.47. The molecule has 1 saturated carbocycles. The van der Waals surface area contributed by atoms with Crippen LogP contribution < -0.4 is 5.32 Å². The predicted molar refractivity (Wildman–Crippen MR) is 148 cm³/mol. The number of nitrogens with one attached hydrogen (secondary N) is 1. The first-order valence-corrected chi connectivity index (χ1v) is 14.1. The average molecular weight is 558 g/mol. The Morgan fingerprint density at radius 3 is 1.87 bits per heavy atom. The van der Waals surface area contributed by atoms with Crippen molar-refractivity contribution < 1.29 is 13.6 Å². The minimum absolute atomic E-state index is 0.0593. The molecule has 1 saturated heterocycles. The maximum absolute atomic E-state index is 14.2. The van der Waals surface area contributed by atoms with Crippen molar-refractivity contribution in [3.63, 3.8) is 0 Å². The Morgan fingerprint density at radius 1 is 0.816 bits per heavy atom. The summed E-state index contributed by atoms with van der Waals surface area (Å²) < 4.78 is 28.4. The van der Waals surface area contributed by atoms with E-state index in [4.69, 9.17) is 23.2 Å². The van der Waals surface area contributed by atoms with Gasteiger partial charge in [-0.1, -0.05) is 66.7 Å². The Labute approximate surface area is 233 Å². The topological polar surface area (TPSA) is 32.3 Å². The molecule has 5 rings (SSSR count). The smallest absolute Gasteiger partial charge is 0.227 e. The quantitative estimate of drug-likeness (QED) is 0.307. The highest BCUT2D eigenvalue weighted by molar-refractivity contribution is 6.30. The number of rotatable bonds is 8. The number of likely N-dealkylation sites (tertiary alicyclic amines) is 1. The van der Waals surface area contributed by atoms with Crippen molar-refractivity contribution >= 4 is 29.1 Å². The predicted octanol–water partition coefficient (Wildman–Crippen LogP) is 7.77. The molecular weight excluding hydrogens is 525 g/mol. The van der Waals surface area contributed by atoms with E-state index in [1.165, 1.54) is 31.4 Å². The van der Waals surface area contributed by atoms with E-state index < -0.39 is 17.6 Å². The second-order valence-electron chi connectivity index (χ2n) is 10.6. The van der Waals surface area contributed by atoms with Crippen molar-refractivity contribution in [3.05, 3.63) is 105 Å². The fourth-order valence-corrected chi connectivity index (χ4v) is 6.27. The van der Waals surface area contributed by atoms with Gasteiger partial charge in [0.05, 0.1) is 12.0 Å². The molecule has 3 aromatic rings. The van der Waals surface area contributed by atoms with Gasteiger partial charge in [-0.05, 0) is 71.8 Å². The van der Waals surface area contributed by atoms with Gasteiger partial charge in [0.2, 0.25) is 5.91 Å². The monoisotopic (exact) mass is 556 g/mol. The van der Waals surface area contributed by atoms with Crippen LogP contribution in [0.1, 0.15) is 60.8 Å². The van der Waals surface area contributed by atoms with Crippen LogP contribution in [0.3, 0.4) is 0 Å². The SMILES string of the molecule is O=C(NCC1CCCCC1)[C@H](c1cc(F)cc(F)c1)C1CN(C(c2ccc(Cl)cc2)c2ccc(Cl)cc2)C1. The van der Waals surface area contributed by atoms with E-state index in [0.29, 0.717) is 41.2 Å². The molecule has 200 valence electrons. The highest BCUT2D eigenvalue weighted by atomic mass is 35.5. The summed E-state index contributed by atoms with van der Waals surface area (Å²) in [5, 5.41) is 4.45. The summed E-state index contributed by atoms with van der Waals surface area (Å²) in [6, 6.07) is 18.9. The fraction of sp³-hybridized carbons (Fsp3) is 0.387. The molecule has 1 atom stereocenters. The van der Waals surface area contributed by atoms with E-state index in [-0.39, 0.29) is 17.9 Å². The van der Waals surface area contributed by atoms with Crippen molar-refractivity contribution in [2.75, 3.05) is 19.6 Å². The zero-order valence-corrected chi connectivity index (χ0v) is 22.7. The van der Waals surface area contributed by atoms with Crippen LogP contribution in [0.15, 0.2) is 66.7 Å². The Balaban J connectivity index is 1.37. The molecule has 3 nitrogen and oxygen atoms in total. The third-order valence-corrected chi connectivity index (χ3v) is 8.47. The molecule has 0 unspecified atom stereocenters. The molecule has 7 heteroatoms. The van der Waals surface area contributed by atoms with Crippen LogP contribution in [-0.4, -0.2) is 30.4 Å². The Kier molecular flexibility index (Phi) is 8.67. The molecule has 1 heterocycles. The number of carbonyl (C=O) groups is 1. The molecule has 0 bridgehead atoms. The summed E-state index contributed by atoms with van der Waals surface area (Å²) in [6.07, 6.45) is 5.85. The average Bonchev–Trinajstić information content (AvgIpc) is 2.88. The lowest BCUT2D eigenvalue weighted by molar-refractivity contribution is -0.126. The van der Waals surface area contributed by atoms with E-state index in [9.17, 15) is 13.6 Å². The number of hydrogen-bond donors (Lipinski definition) is 1. The van der Waals surface area contributed by atoms with Crippen molar-refractivity contribution in [2.24, 2.45) is 11.8 Å². The molecular formula is C31H32Cl2F2N2O. The summed E-state index contributed by atoms with van der Waals surface area (Å²) >= 11 is 12.3. The number of halogens is 4. The number of amides is 1.